The van der Waals surface area contributed by atoms with Crippen molar-refractivity contribution >= 4 is 0 Å². The highest BCUT2D eigenvalue weighted by molar-refractivity contribution is 5.37. The lowest BCUT2D eigenvalue weighted by Gasteiger charge is -2.38. The van der Waals surface area contributed by atoms with Crippen LogP contribution in [0.1, 0.15) is 55.2 Å². The van der Waals surface area contributed by atoms with E-state index >= 15 is 0 Å². The molecule has 2 aliphatic rings. The van der Waals surface area contributed by atoms with Crippen LogP contribution in [0.2, 0.25) is 0 Å². The minimum absolute atomic E-state index is 0.158. The fraction of sp³-hybridized carbons (Fsp3) is 0.520. The van der Waals surface area contributed by atoms with Crippen molar-refractivity contribution in [3.05, 3.63) is 65.0 Å². The molecule has 1 aliphatic heterocycles. The molecule has 3 heteroatoms. The number of fused-ring (bicyclic) bond motifs is 1. The van der Waals surface area contributed by atoms with Crippen LogP contribution in [0.4, 0.5) is 4.39 Å². The Bertz CT molecular complexity index is 773. The largest absolute Gasteiger partial charge is 0.493 e. The van der Waals surface area contributed by atoms with Crippen LogP contribution in [-0.4, -0.2) is 31.1 Å². The molecule has 0 N–H and O–H groups in total. The van der Waals surface area contributed by atoms with E-state index < -0.39 is 0 Å². The lowest BCUT2D eigenvalue weighted by molar-refractivity contribution is 0.111. The van der Waals surface area contributed by atoms with E-state index in [0.717, 1.165) is 38.4 Å². The van der Waals surface area contributed by atoms with Crippen molar-refractivity contribution in [1.82, 2.24) is 4.90 Å². The Balaban J connectivity index is 1.47. The summed E-state index contributed by atoms with van der Waals surface area (Å²) in [7, 11) is 0. The number of rotatable bonds is 6. The summed E-state index contributed by atoms with van der Waals surface area (Å²) < 4.78 is 19.7. The van der Waals surface area contributed by atoms with Crippen LogP contribution in [0.5, 0.6) is 5.75 Å². The average Bonchev–Trinajstić information content (AvgIpc) is 2.73. The van der Waals surface area contributed by atoms with Crippen LogP contribution in [0.25, 0.3) is 0 Å². The number of aryl methyl sites for hydroxylation is 2. The first-order valence-corrected chi connectivity index (χ1v) is 11.0. The van der Waals surface area contributed by atoms with Crippen molar-refractivity contribution in [2.75, 3.05) is 26.2 Å². The van der Waals surface area contributed by atoms with Gasteiger partial charge in [0.05, 0.1) is 6.61 Å². The third-order valence-corrected chi connectivity index (χ3v) is 6.44. The number of benzene rings is 2. The number of ether oxygens (including phenoxy) is 1. The molecule has 2 aromatic rings. The predicted octanol–water partition coefficient (Wildman–Crippen LogP) is 5.60. The van der Waals surface area contributed by atoms with Crippen LogP contribution in [0, 0.1) is 11.7 Å². The molecule has 0 bridgehead atoms. The molecular formula is C25H32FNO. The van der Waals surface area contributed by atoms with Crippen molar-refractivity contribution in [2.24, 2.45) is 5.92 Å². The van der Waals surface area contributed by atoms with Gasteiger partial charge in [0.25, 0.3) is 0 Å². The average molecular weight is 382 g/mol. The number of likely N-dealkylation sites (tertiary alicyclic amines) is 1. The van der Waals surface area contributed by atoms with Crippen molar-refractivity contribution in [3.8, 4) is 5.75 Å². The number of halogens is 1. The number of piperidine rings is 1. The van der Waals surface area contributed by atoms with E-state index in [0.29, 0.717) is 11.8 Å². The van der Waals surface area contributed by atoms with Gasteiger partial charge in [-0.2, -0.15) is 0 Å². The molecule has 1 saturated heterocycles. The minimum Gasteiger partial charge on any atom is -0.493 e. The van der Waals surface area contributed by atoms with Gasteiger partial charge in [0.2, 0.25) is 0 Å². The Hall–Kier alpha value is -1.87. The van der Waals surface area contributed by atoms with Gasteiger partial charge in [-0.05, 0) is 98.5 Å². The van der Waals surface area contributed by atoms with Crippen LogP contribution in [-0.2, 0) is 12.8 Å². The highest BCUT2D eigenvalue weighted by Crippen LogP contribution is 2.34. The highest BCUT2D eigenvalue weighted by Gasteiger charge is 2.30. The van der Waals surface area contributed by atoms with E-state index in [1.54, 1.807) is 12.1 Å². The van der Waals surface area contributed by atoms with Gasteiger partial charge in [-0.1, -0.05) is 25.1 Å². The molecule has 0 radical (unpaired) electrons. The van der Waals surface area contributed by atoms with Gasteiger partial charge in [-0.15, -0.1) is 0 Å². The molecule has 2 unspecified atom stereocenters. The molecule has 1 heterocycles. The summed E-state index contributed by atoms with van der Waals surface area (Å²) >= 11 is 0. The first-order valence-electron chi connectivity index (χ1n) is 11.0. The summed E-state index contributed by atoms with van der Waals surface area (Å²) in [6.45, 7) is 6.28. The van der Waals surface area contributed by atoms with Crippen molar-refractivity contribution in [2.45, 2.75) is 51.4 Å². The molecule has 2 nitrogen and oxygen atoms in total. The fourth-order valence-corrected chi connectivity index (χ4v) is 4.95. The maximum absolute atomic E-state index is 13.4. The summed E-state index contributed by atoms with van der Waals surface area (Å²) in [4.78, 5) is 2.56. The van der Waals surface area contributed by atoms with Crippen LogP contribution in [0.15, 0.2) is 42.5 Å². The summed E-state index contributed by atoms with van der Waals surface area (Å²) in [6, 6.07) is 13.8. The molecule has 0 spiro atoms. The van der Waals surface area contributed by atoms with Crippen molar-refractivity contribution in [3.63, 3.8) is 0 Å². The van der Waals surface area contributed by atoms with Gasteiger partial charge in [-0.3, -0.25) is 0 Å². The molecule has 0 aromatic heterocycles. The number of nitrogens with zero attached hydrogens (tertiary/aromatic N) is 1. The molecule has 150 valence electrons. The Labute approximate surface area is 168 Å². The standard InChI is InChI=1S/C25H32FNO/c1-2-14-27-15-13-25(20-7-10-23(26)11-8-20)22(17-27)18-28-24-12-9-19-5-3-4-6-21(19)16-24/h7-12,16,22,25H,2-6,13-15,17-18H2,1H3. The van der Waals surface area contributed by atoms with E-state index in [4.69, 9.17) is 4.74 Å². The monoisotopic (exact) mass is 381 g/mol. The molecule has 0 amide bonds. The molecule has 2 atom stereocenters. The second kappa shape index (κ2) is 9.09. The third kappa shape index (κ3) is 4.57. The van der Waals surface area contributed by atoms with Crippen molar-refractivity contribution < 1.29 is 9.13 Å². The summed E-state index contributed by atoms with van der Waals surface area (Å²) in [5.41, 5.74) is 4.21. The SMILES string of the molecule is CCCN1CCC(c2ccc(F)cc2)C(COc2ccc3c(c2)CCCC3)C1. The first kappa shape index (κ1) is 19.4. The smallest absolute Gasteiger partial charge is 0.123 e. The second-order valence-corrected chi connectivity index (χ2v) is 8.46. The molecule has 2 aromatic carbocycles. The molecule has 28 heavy (non-hydrogen) atoms. The normalized spacial score (nSPS) is 22.6. The molecule has 0 saturated carbocycles. The highest BCUT2D eigenvalue weighted by atomic mass is 19.1. The quantitative estimate of drug-likeness (QED) is 0.646. The molecule has 4 rings (SSSR count). The lowest BCUT2D eigenvalue weighted by Crippen LogP contribution is -2.42. The van der Waals surface area contributed by atoms with Gasteiger partial charge < -0.3 is 9.64 Å². The Morgan fingerprint density at radius 1 is 1.04 bits per heavy atom. The predicted molar refractivity (Wildman–Crippen MR) is 113 cm³/mol. The zero-order valence-corrected chi connectivity index (χ0v) is 17.0. The van der Waals surface area contributed by atoms with Crippen molar-refractivity contribution in [1.29, 1.82) is 0 Å². The second-order valence-electron chi connectivity index (χ2n) is 8.46. The molecular weight excluding hydrogens is 349 g/mol. The number of hydrogen-bond donors (Lipinski definition) is 0. The topological polar surface area (TPSA) is 12.5 Å². The Kier molecular flexibility index (Phi) is 6.31. The fourth-order valence-electron chi connectivity index (χ4n) is 4.95. The van der Waals surface area contributed by atoms with Gasteiger partial charge >= 0.3 is 0 Å². The Morgan fingerprint density at radius 2 is 1.82 bits per heavy atom. The van der Waals surface area contributed by atoms with Crippen LogP contribution in [0.3, 0.4) is 0 Å². The lowest BCUT2D eigenvalue weighted by atomic mass is 9.80. The third-order valence-electron chi connectivity index (χ3n) is 6.44. The van der Waals surface area contributed by atoms with E-state index in [1.807, 2.05) is 12.1 Å². The van der Waals surface area contributed by atoms with E-state index in [9.17, 15) is 4.39 Å². The van der Waals surface area contributed by atoms with E-state index in [1.165, 1.54) is 48.8 Å². The van der Waals surface area contributed by atoms with Gasteiger partial charge in [0, 0.05) is 12.5 Å². The van der Waals surface area contributed by atoms with Gasteiger partial charge in [0.1, 0.15) is 11.6 Å². The van der Waals surface area contributed by atoms with Gasteiger partial charge in [0.15, 0.2) is 0 Å². The Morgan fingerprint density at radius 3 is 2.61 bits per heavy atom. The van der Waals surface area contributed by atoms with E-state index in [2.05, 4.69) is 30.0 Å². The maximum Gasteiger partial charge on any atom is 0.123 e. The molecule has 1 aliphatic carbocycles. The maximum atomic E-state index is 13.4. The van der Waals surface area contributed by atoms with Crippen LogP contribution < -0.4 is 4.74 Å². The molecule has 1 fully saturated rings. The minimum atomic E-state index is -0.158. The summed E-state index contributed by atoms with van der Waals surface area (Å²) in [5.74, 6) is 1.72. The van der Waals surface area contributed by atoms with E-state index in [-0.39, 0.29) is 5.82 Å². The van der Waals surface area contributed by atoms with Crippen LogP contribution >= 0.6 is 0 Å². The number of hydrogen-bond acceptors (Lipinski definition) is 2. The zero-order valence-electron chi connectivity index (χ0n) is 17.0. The summed E-state index contributed by atoms with van der Waals surface area (Å²) in [5, 5.41) is 0. The first-order chi connectivity index (χ1) is 13.7. The van der Waals surface area contributed by atoms with Gasteiger partial charge in [-0.25, -0.2) is 4.39 Å². The zero-order chi connectivity index (χ0) is 19.3. The summed E-state index contributed by atoms with van der Waals surface area (Å²) in [6.07, 6.45) is 7.28.